The Kier molecular flexibility index (Phi) is 2.30. The number of thiazole rings is 1. The average molecular weight is 215 g/mol. The number of imidazole rings is 1. The molecule has 2 rings (SSSR count). The summed E-state index contributed by atoms with van der Waals surface area (Å²) in [5.74, 6) is 0.684. The van der Waals surface area contributed by atoms with E-state index in [1.807, 2.05) is 6.92 Å². The van der Waals surface area contributed by atoms with E-state index in [0.29, 0.717) is 5.88 Å². The van der Waals surface area contributed by atoms with Crippen molar-refractivity contribution in [3.8, 4) is 0 Å². The van der Waals surface area contributed by atoms with Crippen LogP contribution in [0.1, 0.15) is 16.3 Å². The zero-order valence-electron chi connectivity index (χ0n) is 7.67. The van der Waals surface area contributed by atoms with Crippen molar-refractivity contribution in [1.82, 2.24) is 9.38 Å². The van der Waals surface area contributed by atoms with Gasteiger partial charge in [0, 0.05) is 22.6 Å². The lowest BCUT2D eigenvalue weighted by Gasteiger charge is -1.93. The first-order chi connectivity index (χ1) is 6.22. The molecule has 0 atom stereocenters. The van der Waals surface area contributed by atoms with Crippen molar-refractivity contribution in [2.24, 2.45) is 0 Å². The quantitative estimate of drug-likeness (QED) is 0.703. The van der Waals surface area contributed by atoms with Crippen LogP contribution in [0.25, 0.3) is 4.96 Å². The first-order valence-electron chi connectivity index (χ1n) is 4.22. The third kappa shape index (κ3) is 1.46. The van der Waals surface area contributed by atoms with Gasteiger partial charge in [-0.2, -0.15) is 0 Å². The van der Waals surface area contributed by atoms with Gasteiger partial charge >= 0.3 is 0 Å². The highest BCUT2D eigenvalue weighted by Gasteiger charge is 2.08. The molecule has 0 bridgehead atoms. The smallest absolute Gasteiger partial charge is 0.194 e. The molecule has 0 saturated carbocycles. The second-order valence-electron chi connectivity index (χ2n) is 3.08. The molecular formula is C9H11ClN2S. The minimum Gasteiger partial charge on any atom is -0.294 e. The highest BCUT2D eigenvalue weighted by molar-refractivity contribution is 7.17. The molecule has 2 nitrogen and oxygen atoms in total. The van der Waals surface area contributed by atoms with E-state index < -0.39 is 0 Å². The van der Waals surface area contributed by atoms with Crippen molar-refractivity contribution in [3.63, 3.8) is 0 Å². The Hall–Kier alpha value is -0.540. The van der Waals surface area contributed by atoms with E-state index >= 15 is 0 Å². The summed E-state index contributed by atoms with van der Waals surface area (Å²) >= 11 is 7.45. The van der Waals surface area contributed by atoms with Gasteiger partial charge in [-0.3, -0.25) is 4.40 Å². The van der Waals surface area contributed by atoms with Crippen molar-refractivity contribution in [1.29, 1.82) is 0 Å². The largest absolute Gasteiger partial charge is 0.294 e. The van der Waals surface area contributed by atoms with Crippen LogP contribution >= 0.6 is 22.9 Å². The van der Waals surface area contributed by atoms with Crippen LogP contribution in [-0.2, 0) is 6.42 Å². The number of fused-ring (bicyclic) bond motifs is 1. The van der Waals surface area contributed by atoms with Crippen LogP contribution in [0, 0.1) is 13.8 Å². The molecular weight excluding hydrogens is 204 g/mol. The molecule has 0 aliphatic heterocycles. The lowest BCUT2D eigenvalue weighted by molar-refractivity contribution is 1.06. The Bertz CT molecular complexity index is 430. The van der Waals surface area contributed by atoms with Gasteiger partial charge in [-0.1, -0.05) is 0 Å². The standard InChI is InChI=1S/C9H11ClN2S/c1-6-5-12-7(2)8(3-4-10)13-9(12)11-6/h5H,3-4H2,1-2H3. The SMILES string of the molecule is Cc1cn2c(C)c(CCCl)sc2n1. The fraction of sp³-hybridized carbons (Fsp3) is 0.444. The van der Waals surface area contributed by atoms with E-state index in [9.17, 15) is 0 Å². The second kappa shape index (κ2) is 3.31. The van der Waals surface area contributed by atoms with Crippen LogP contribution < -0.4 is 0 Å². The van der Waals surface area contributed by atoms with Gasteiger partial charge in [-0.25, -0.2) is 4.98 Å². The van der Waals surface area contributed by atoms with E-state index in [-0.39, 0.29) is 0 Å². The molecule has 0 radical (unpaired) electrons. The summed E-state index contributed by atoms with van der Waals surface area (Å²) < 4.78 is 2.14. The molecule has 0 aliphatic rings. The van der Waals surface area contributed by atoms with Crippen molar-refractivity contribution < 1.29 is 0 Å². The van der Waals surface area contributed by atoms with Crippen molar-refractivity contribution in [2.75, 3.05) is 5.88 Å². The molecule has 2 aromatic heterocycles. The van der Waals surface area contributed by atoms with Gasteiger partial charge in [0.1, 0.15) is 0 Å². The third-order valence-corrected chi connectivity index (χ3v) is 3.50. The highest BCUT2D eigenvalue weighted by Crippen LogP contribution is 2.23. The Labute approximate surface area is 86.2 Å². The zero-order chi connectivity index (χ0) is 9.42. The third-order valence-electron chi connectivity index (χ3n) is 2.09. The van der Waals surface area contributed by atoms with Gasteiger partial charge in [-0.15, -0.1) is 22.9 Å². The van der Waals surface area contributed by atoms with Gasteiger partial charge in [0.2, 0.25) is 0 Å². The molecule has 13 heavy (non-hydrogen) atoms. The highest BCUT2D eigenvalue weighted by atomic mass is 35.5. The molecule has 0 unspecified atom stereocenters. The van der Waals surface area contributed by atoms with Crippen LogP contribution in [0.5, 0.6) is 0 Å². The van der Waals surface area contributed by atoms with Gasteiger partial charge in [0.25, 0.3) is 0 Å². The van der Waals surface area contributed by atoms with E-state index in [1.54, 1.807) is 11.3 Å². The normalized spacial score (nSPS) is 11.3. The molecule has 0 saturated heterocycles. The predicted molar refractivity (Wildman–Crippen MR) is 57.0 cm³/mol. The maximum Gasteiger partial charge on any atom is 0.194 e. The molecule has 2 heterocycles. The van der Waals surface area contributed by atoms with Gasteiger partial charge in [0.15, 0.2) is 4.96 Å². The van der Waals surface area contributed by atoms with Crippen molar-refractivity contribution >= 4 is 27.9 Å². The fourth-order valence-electron chi connectivity index (χ4n) is 1.42. The van der Waals surface area contributed by atoms with Crippen molar-refractivity contribution in [3.05, 3.63) is 22.5 Å². The van der Waals surface area contributed by atoms with Crippen LogP contribution in [-0.4, -0.2) is 15.3 Å². The summed E-state index contributed by atoms with van der Waals surface area (Å²) in [5.41, 5.74) is 2.35. The fourth-order valence-corrected chi connectivity index (χ4v) is 2.87. The number of aromatic nitrogens is 2. The maximum atomic E-state index is 5.71. The number of hydrogen-bond donors (Lipinski definition) is 0. The lowest BCUT2D eigenvalue weighted by Crippen LogP contribution is -1.88. The molecule has 0 amide bonds. The monoisotopic (exact) mass is 214 g/mol. The summed E-state index contributed by atoms with van der Waals surface area (Å²) in [7, 11) is 0. The van der Waals surface area contributed by atoms with Crippen LogP contribution in [0.3, 0.4) is 0 Å². The number of aryl methyl sites for hydroxylation is 3. The summed E-state index contributed by atoms with van der Waals surface area (Å²) in [6.45, 7) is 4.13. The van der Waals surface area contributed by atoms with E-state index in [4.69, 9.17) is 11.6 Å². The molecule has 0 N–H and O–H groups in total. The Morgan fingerprint density at radius 3 is 2.92 bits per heavy atom. The maximum absolute atomic E-state index is 5.71. The Balaban J connectivity index is 2.56. The first kappa shape index (κ1) is 9.03. The van der Waals surface area contributed by atoms with Gasteiger partial charge < -0.3 is 0 Å². The zero-order valence-corrected chi connectivity index (χ0v) is 9.24. The van der Waals surface area contributed by atoms with Crippen LogP contribution in [0.15, 0.2) is 6.20 Å². The molecule has 0 fully saturated rings. The van der Waals surface area contributed by atoms with E-state index in [1.165, 1.54) is 10.6 Å². The predicted octanol–water partition coefficient (Wildman–Crippen LogP) is 2.79. The average Bonchev–Trinajstić information content (AvgIpc) is 2.54. The second-order valence-corrected chi connectivity index (χ2v) is 4.52. The number of nitrogens with zero attached hydrogens (tertiary/aromatic N) is 2. The Morgan fingerprint density at radius 1 is 1.54 bits per heavy atom. The van der Waals surface area contributed by atoms with Crippen LogP contribution in [0.4, 0.5) is 0 Å². The summed E-state index contributed by atoms with van der Waals surface area (Å²) in [6.07, 6.45) is 3.01. The minimum atomic E-state index is 0.684. The van der Waals surface area contributed by atoms with E-state index in [0.717, 1.165) is 17.1 Å². The molecule has 4 heteroatoms. The lowest BCUT2D eigenvalue weighted by atomic mass is 10.3. The number of hydrogen-bond acceptors (Lipinski definition) is 2. The topological polar surface area (TPSA) is 17.3 Å². The molecule has 2 aromatic rings. The number of halogens is 1. The number of rotatable bonds is 2. The Morgan fingerprint density at radius 2 is 2.31 bits per heavy atom. The molecule has 70 valence electrons. The summed E-state index contributed by atoms with van der Waals surface area (Å²) in [4.78, 5) is 6.84. The molecule has 0 aromatic carbocycles. The minimum absolute atomic E-state index is 0.684. The van der Waals surface area contributed by atoms with Crippen LogP contribution in [0.2, 0.25) is 0 Å². The van der Waals surface area contributed by atoms with Crippen molar-refractivity contribution in [2.45, 2.75) is 20.3 Å². The summed E-state index contributed by atoms with van der Waals surface area (Å²) in [6, 6.07) is 0. The molecule has 0 spiro atoms. The van der Waals surface area contributed by atoms with Gasteiger partial charge in [0.05, 0.1) is 5.69 Å². The summed E-state index contributed by atoms with van der Waals surface area (Å²) in [5, 5.41) is 0. The first-order valence-corrected chi connectivity index (χ1v) is 5.57. The number of alkyl halides is 1. The van der Waals surface area contributed by atoms with E-state index in [2.05, 4.69) is 22.5 Å². The molecule has 0 aliphatic carbocycles. The van der Waals surface area contributed by atoms with Gasteiger partial charge in [-0.05, 0) is 20.3 Å².